The molecule has 0 aromatic heterocycles. The van der Waals surface area contributed by atoms with E-state index in [1.807, 2.05) is 0 Å². The lowest BCUT2D eigenvalue weighted by Crippen LogP contribution is -2.19. The van der Waals surface area contributed by atoms with E-state index < -0.39 is 0 Å². The molecule has 0 bridgehead atoms. The van der Waals surface area contributed by atoms with Gasteiger partial charge in [-0.2, -0.15) is 0 Å². The molecule has 1 aromatic carbocycles. The van der Waals surface area contributed by atoms with Crippen LogP contribution in [0.4, 0.5) is 4.39 Å². The maximum atomic E-state index is 13.2. The third-order valence-corrected chi connectivity index (χ3v) is 2.46. The Morgan fingerprint density at radius 1 is 1.33 bits per heavy atom. The van der Waals surface area contributed by atoms with Crippen LogP contribution in [-0.2, 0) is 13.0 Å². The Bertz CT molecular complexity index is 281. The Labute approximate surface area is 75.5 Å². The van der Waals surface area contributed by atoms with Crippen molar-refractivity contribution in [3.8, 4) is 0 Å². The quantitative estimate of drug-likeness (QED) is 0.587. The molecule has 0 spiro atoms. The topological polar surface area (TPSA) is 14.1 Å². The van der Waals surface area contributed by atoms with Crippen molar-refractivity contribution >= 4 is 11.6 Å². The minimum absolute atomic E-state index is 0.149. The lowest BCUT2D eigenvalue weighted by molar-refractivity contribution is 0.564. The summed E-state index contributed by atoms with van der Waals surface area (Å²) < 4.78 is 13.2. The summed E-state index contributed by atoms with van der Waals surface area (Å²) in [4.78, 5) is 0. The second kappa shape index (κ2) is 3.04. The molecular formula is C9H8ClFN. The van der Waals surface area contributed by atoms with Crippen LogP contribution in [-0.4, -0.2) is 6.54 Å². The Morgan fingerprint density at radius 3 is 2.92 bits per heavy atom. The Balaban J connectivity index is 2.57. The number of rotatable bonds is 0. The molecule has 0 saturated heterocycles. The van der Waals surface area contributed by atoms with Crippen molar-refractivity contribution in [3.05, 3.63) is 34.1 Å². The first-order valence-electron chi connectivity index (χ1n) is 3.88. The number of hydrogen-bond donors (Lipinski definition) is 0. The van der Waals surface area contributed by atoms with Crippen LogP contribution < -0.4 is 5.32 Å². The van der Waals surface area contributed by atoms with Crippen LogP contribution in [0.3, 0.4) is 0 Å². The van der Waals surface area contributed by atoms with E-state index in [1.165, 1.54) is 6.07 Å². The van der Waals surface area contributed by atoms with Crippen LogP contribution in [0.15, 0.2) is 12.1 Å². The molecule has 0 aliphatic carbocycles. The predicted molar refractivity (Wildman–Crippen MR) is 45.8 cm³/mol. The first-order valence-corrected chi connectivity index (χ1v) is 4.26. The smallest absolute Gasteiger partial charge is 0.126 e. The molecule has 1 radical (unpaired) electrons. The number of fused-ring (bicyclic) bond motifs is 1. The minimum atomic E-state index is -0.149. The fourth-order valence-electron chi connectivity index (χ4n) is 1.46. The van der Waals surface area contributed by atoms with Gasteiger partial charge in [0.1, 0.15) is 5.82 Å². The number of hydrogen-bond acceptors (Lipinski definition) is 0. The molecule has 0 unspecified atom stereocenters. The molecule has 3 heteroatoms. The fourth-order valence-corrected chi connectivity index (χ4v) is 1.70. The van der Waals surface area contributed by atoms with Crippen molar-refractivity contribution in [3.63, 3.8) is 0 Å². The van der Waals surface area contributed by atoms with E-state index in [0.717, 1.165) is 11.1 Å². The van der Waals surface area contributed by atoms with E-state index in [-0.39, 0.29) is 5.82 Å². The van der Waals surface area contributed by atoms with Crippen LogP contribution in [0, 0.1) is 5.82 Å². The van der Waals surface area contributed by atoms with E-state index in [0.29, 0.717) is 24.5 Å². The highest BCUT2D eigenvalue weighted by molar-refractivity contribution is 6.31. The molecule has 63 valence electrons. The van der Waals surface area contributed by atoms with Gasteiger partial charge in [0, 0.05) is 18.1 Å². The molecule has 1 aliphatic rings. The van der Waals surface area contributed by atoms with Crippen LogP contribution in [0.2, 0.25) is 5.02 Å². The van der Waals surface area contributed by atoms with Crippen LogP contribution in [0.1, 0.15) is 11.1 Å². The molecule has 0 atom stereocenters. The molecule has 1 aromatic rings. The first kappa shape index (κ1) is 8.02. The van der Waals surface area contributed by atoms with E-state index in [9.17, 15) is 4.39 Å². The lowest BCUT2D eigenvalue weighted by atomic mass is 10.0. The summed E-state index contributed by atoms with van der Waals surface area (Å²) in [5.41, 5.74) is 1.61. The van der Waals surface area contributed by atoms with Crippen molar-refractivity contribution in [2.24, 2.45) is 0 Å². The largest absolute Gasteiger partial charge is 0.237 e. The molecule has 12 heavy (non-hydrogen) atoms. The summed E-state index contributed by atoms with van der Waals surface area (Å²) in [6.07, 6.45) is 0.682. The van der Waals surface area contributed by atoms with Gasteiger partial charge in [-0.1, -0.05) is 11.6 Å². The maximum absolute atomic E-state index is 13.2. The number of nitrogens with zero attached hydrogens (tertiary/aromatic N) is 1. The van der Waals surface area contributed by atoms with E-state index in [4.69, 9.17) is 11.6 Å². The lowest BCUT2D eigenvalue weighted by Gasteiger charge is -2.17. The molecule has 0 amide bonds. The third kappa shape index (κ3) is 1.21. The van der Waals surface area contributed by atoms with Gasteiger partial charge < -0.3 is 0 Å². The zero-order chi connectivity index (χ0) is 8.55. The van der Waals surface area contributed by atoms with Gasteiger partial charge in [-0.25, -0.2) is 9.71 Å². The summed E-state index contributed by atoms with van der Waals surface area (Å²) in [5, 5.41) is 4.80. The van der Waals surface area contributed by atoms with E-state index in [1.54, 1.807) is 6.07 Å². The SMILES string of the molecule is Fc1ccc(Cl)c2c1CC[N]C2. The molecule has 1 heterocycles. The van der Waals surface area contributed by atoms with Gasteiger partial charge in [-0.3, -0.25) is 0 Å². The zero-order valence-corrected chi connectivity index (χ0v) is 7.24. The van der Waals surface area contributed by atoms with Crippen LogP contribution >= 0.6 is 11.6 Å². The summed E-state index contributed by atoms with van der Waals surface area (Å²) >= 11 is 5.89. The fraction of sp³-hybridized carbons (Fsp3) is 0.333. The van der Waals surface area contributed by atoms with Gasteiger partial charge in [-0.15, -0.1) is 0 Å². The molecule has 1 aliphatic heterocycles. The van der Waals surface area contributed by atoms with Crippen LogP contribution in [0.25, 0.3) is 0 Å². The van der Waals surface area contributed by atoms with Gasteiger partial charge in [0.2, 0.25) is 0 Å². The van der Waals surface area contributed by atoms with Crippen molar-refractivity contribution in [2.75, 3.05) is 6.54 Å². The summed E-state index contributed by atoms with van der Waals surface area (Å²) in [5.74, 6) is -0.149. The number of benzene rings is 1. The Hall–Kier alpha value is -0.600. The van der Waals surface area contributed by atoms with Gasteiger partial charge in [0.25, 0.3) is 0 Å². The summed E-state index contributed by atoms with van der Waals surface area (Å²) in [7, 11) is 0. The minimum Gasteiger partial charge on any atom is -0.237 e. The second-order valence-electron chi connectivity index (χ2n) is 2.84. The molecule has 1 nitrogen and oxygen atoms in total. The molecule has 0 saturated carbocycles. The van der Waals surface area contributed by atoms with Gasteiger partial charge >= 0.3 is 0 Å². The highest BCUT2D eigenvalue weighted by Gasteiger charge is 2.15. The second-order valence-corrected chi connectivity index (χ2v) is 3.25. The Morgan fingerprint density at radius 2 is 2.17 bits per heavy atom. The van der Waals surface area contributed by atoms with Gasteiger partial charge in [-0.05, 0) is 29.7 Å². The normalized spacial score (nSPS) is 15.8. The summed E-state index contributed by atoms with van der Waals surface area (Å²) in [6, 6.07) is 3.02. The average molecular weight is 185 g/mol. The van der Waals surface area contributed by atoms with Crippen molar-refractivity contribution in [2.45, 2.75) is 13.0 Å². The molecule has 0 fully saturated rings. The highest BCUT2D eigenvalue weighted by Crippen LogP contribution is 2.25. The third-order valence-electron chi connectivity index (χ3n) is 2.11. The van der Waals surface area contributed by atoms with E-state index >= 15 is 0 Å². The molecular weight excluding hydrogens is 177 g/mol. The van der Waals surface area contributed by atoms with Crippen LogP contribution in [0.5, 0.6) is 0 Å². The predicted octanol–water partition coefficient (Wildman–Crippen LogP) is 2.14. The van der Waals surface area contributed by atoms with E-state index in [2.05, 4.69) is 5.32 Å². The maximum Gasteiger partial charge on any atom is 0.126 e. The molecule has 0 N–H and O–H groups in total. The summed E-state index contributed by atoms with van der Waals surface area (Å²) in [6.45, 7) is 1.27. The first-order chi connectivity index (χ1) is 5.79. The van der Waals surface area contributed by atoms with Gasteiger partial charge in [0.05, 0.1) is 0 Å². The zero-order valence-electron chi connectivity index (χ0n) is 6.48. The molecule has 2 rings (SSSR count). The monoisotopic (exact) mass is 184 g/mol. The highest BCUT2D eigenvalue weighted by atomic mass is 35.5. The van der Waals surface area contributed by atoms with Crippen molar-refractivity contribution < 1.29 is 4.39 Å². The number of halogens is 2. The van der Waals surface area contributed by atoms with Crippen molar-refractivity contribution in [1.82, 2.24) is 5.32 Å². The standard InChI is InChI=1S/C9H8ClFN/c10-8-1-2-9(11)6-3-4-12-5-7(6)8/h1-2H,3-5H2. The average Bonchev–Trinajstić information content (AvgIpc) is 2.12. The van der Waals surface area contributed by atoms with Crippen molar-refractivity contribution in [1.29, 1.82) is 0 Å². The Kier molecular flexibility index (Phi) is 2.03. The van der Waals surface area contributed by atoms with Gasteiger partial charge in [0.15, 0.2) is 0 Å².